The average molecular weight is 234 g/mol. The van der Waals surface area contributed by atoms with Gasteiger partial charge in [-0.15, -0.1) is 0 Å². The number of hydrogen-bond donors (Lipinski definition) is 0. The lowest BCUT2D eigenvalue weighted by molar-refractivity contribution is 0.656. The van der Waals surface area contributed by atoms with Crippen LogP contribution in [0.5, 0.6) is 0 Å². The number of aromatic nitrogens is 2. The second kappa shape index (κ2) is 9.15. The molecule has 0 aliphatic heterocycles. The minimum absolute atomic E-state index is 1.08. The van der Waals surface area contributed by atoms with E-state index in [4.69, 9.17) is 0 Å². The lowest BCUT2D eigenvalue weighted by Crippen LogP contribution is -1.96. The van der Waals surface area contributed by atoms with Crippen molar-refractivity contribution in [2.45, 2.75) is 71.6 Å². The first-order valence-electron chi connectivity index (χ1n) is 7.16. The number of hydrogen-bond acceptors (Lipinski definition) is 2. The van der Waals surface area contributed by atoms with Gasteiger partial charge >= 0.3 is 0 Å². The van der Waals surface area contributed by atoms with Gasteiger partial charge in [0.25, 0.3) is 0 Å². The lowest BCUT2D eigenvalue weighted by atomic mass is 10.1. The van der Waals surface area contributed by atoms with Gasteiger partial charge in [0.1, 0.15) is 0 Å². The van der Waals surface area contributed by atoms with E-state index < -0.39 is 0 Å². The van der Waals surface area contributed by atoms with E-state index in [9.17, 15) is 0 Å². The standard InChI is InChI=1S/C15H26N2/c1-3-5-7-9-11-15-13-16-14(12-17-15)10-8-6-4-2/h12-13H,3-11H2,1-2H3. The first kappa shape index (κ1) is 14.1. The molecule has 0 aromatic carbocycles. The lowest BCUT2D eigenvalue weighted by Gasteiger charge is -2.02. The second-order valence-corrected chi connectivity index (χ2v) is 4.77. The van der Waals surface area contributed by atoms with E-state index in [1.807, 2.05) is 12.4 Å². The number of rotatable bonds is 9. The van der Waals surface area contributed by atoms with Crippen molar-refractivity contribution in [1.29, 1.82) is 0 Å². The third-order valence-electron chi connectivity index (χ3n) is 3.08. The summed E-state index contributed by atoms with van der Waals surface area (Å²) < 4.78 is 0. The molecule has 1 aromatic rings. The van der Waals surface area contributed by atoms with Crippen molar-refractivity contribution in [3.8, 4) is 0 Å². The summed E-state index contributed by atoms with van der Waals surface area (Å²) in [7, 11) is 0. The predicted molar refractivity (Wildman–Crippen MR) is 73.1 cm³/mol. The number of unbranched alkanes of at least 4 members (excludes halogenated alkanes) is 5. The van der Waals surface area contributed by atoms with Crippen molar-refractivity contribution < 1.29 is 0 Å². The quantitative estimate of drug-likeness (QED) is 0.594. The van der Waals surface area contributed by atoms with Crippen LogP contribution < -0.4 is 0 Å². The molecule has 96 valence electrons. The largest absolute Gasteiger partial charge is 0.258 e. The zero-order chi connectivity index (χ0) is 12.3. The van der Waals surface area contributed by atoms with Gasteiger partial charge in [-0.25, -0.2) is 0 Å². The molecule has 1 rings (SSSR count). The molecule has 17 heavy (non-hydrogen) atoms. The second-order valence-electron chi connectivity index (χ2n) is 4.77. The first-order valence-corrected chi connectivity index (χ1v) is 7.16. The van der Waals surface area contributed by atoms with E-state index in [-0.39, 0.29) is 0 Å². The molecule has 0 unspecified atom stereocenters. The Morgan fingerprint density at radius 1 is 0.706 bits per heavy atom. The Balaban J connectivity index is 2.24. The van der Waals surface area contributed by atoms with Gasteiger partial charge in [-0.1, -0.05) is 46.0 Å². The van der Waals surface area contributed by atoms with Crippen LogP contribution in [0.3, 0.4) is 0 Å². The van der Waals surface area contributed by atoms with Gasteiger partial charge in [0.2, 0.25) is 0 Å². The fourth-order valence-corrected chi connectivity index (χ4v) is 1.93. The van der Waals surface area contributed by atoms with Crippen LogP contribution in [0.2, 0.25) is 0 Å². The first-order chi connectivity index (χ1) is 8.36. The number of aryl methyl sites for hydroxylation is 2. The van der Waals surface area contributed by atoms with Crippen molar-refractivity contribution in [2.24, 2.45) is 0 Å². The summed E-state index contributed by atoms with van der Waals surface area (Å²) in [4.78, 5) is 8.98. The highest BCUT2D eigenvalue weighted by Gasteiger charge is 1.98. The van der Waals surface area contributed by atoms with Crippen LogP contribution in [0.25, 0.3) is 0 Å². The summed E-state index contributed by atoms with van der Waals surface area (Å²) in [5, 5.41) is 0. The normalized spacial score (nSPS) is 10.7. The highest BCUT2D eigenvalue weighted by atomic mass is 14.8. The van der Waals surface area contributed by atoms with Gasteiger partial charge in [-0.3, -0.25) is 9.97 Å². The average Bonchev–Trinajstić information content (AvgIpc) is 2.37. The van der Waals surface area contributed by atoms with E-state index >= 15 is 0 Å². The van der Waals surface area contributed by atoms with Crippen LogP contribution in [0.1, 0.15) is 70.2 Å². The molecule has 0 aliphatic rings. The van der Waals surface area contributed by atoms with Crippen molar-refractivity contribution in [3.05, 3.63) is 23.8 Å². The van der Waals surface area contributed by atoms with Gasteiger partial charge < -0.3 is 0 Å². The fraction of sp³-hybridized carbons (Fsp3) is 0.733. The molecule has 0 amide bonds. The molecule has 0 spiro atoms. The summed E-state index contributed by atoms with van der Waals surface area (Å²) in [6.07, 6.45) is 15.1. The van der Waals surface area contributed by atoms with Crippen molar-refractivity contribution in [2.75, 3.05) is 0 Å². The van der Waals surface area contributed by atoms with Crippen LogP contribution in [-0.4, -0.2) is 9.97 Å². The van der Waals surface area contributed by atoms with Crippen molar-refractivity contribution in [3.63, 3.8) is 0 Å². The van der Waals surface area contributed by atoms with Crippen molar-refractivity contribution in [1.82, 2.24) is 9.97 Å². The Hall–Kier alpha value is -0.920. The molecule has 2 nitrogen and oxygen atoms in total. The Labute approximate surface area is 106 Å². The molecule has 0 saturated carbocycles. The Morgan fingerprint density at radius 2 is 1.18 bits per heavy atom. The van der Waals surface area contributed by atoms with Gasteiger partial charge in [-0.05, 0) is 25.7 Å². The third-order valence-corrected chi connectivity index (χ3v) is 3.08. The third kappa shape index (κ3) is 6.40. The van der Waals surface area contributed by atoms with Crippen LogP contribution in [0.4, 0.5) is 0 Å². The summed E-state index contributed by atoms with van der Waals surface area (Å²) in [5.74, 6) is 0. The molecule has 1 aromatic heterocycles. The van der Waals surface area contributed by atoms with E-state index in [0.29, 0.717) is 0 Å². The minimum atomic E-state index is 1.08. The molecule has 2 heteroatoms. The molecule has 0 atom stereocenters. The summed E-state index contributed by atoms with van der Waals surface area (Å²) in [6.45, 7) is 4.47. The van der Waals surface area contributed by atoms with E-state index in [1.54, 1.807) is 0 Å². The summed E-state index contributed by atoms with van der Waals surface area (Å²) in [6, 6.07) is 0. The zero-order valence-corrected chi connectivity index (χ0v) is 11.4. The fourth-order valence-electron chi connectivity index (χ4n) is 1.93. The van der Waals surface area contributed by atoms with Crippen LogP contribution in [-0.2, 0) is 12.8 Å². The summed E-state index contributed by atoms with van der Waals surface area (Å²) in [5.41, 5.74) is 2.30. The van der Waals surface area contributed by atoms with E-state index in [0.717, 1.165) is 24.2 Å². The Kier molecular flexibility index (Phi) is 7.61. The molecular formula is C15H26N2. The SMILES string of the molecule is CCCCCCc1cnc(CCCCC)cn1. The van der Waals surface area contributed by atoms with E-state index in [2.05, 4.69) is 23.8 Å². The zero-order valence-electron chi connectivity index (χ0n) is 11.4. The molecular weight excluding hydrogens is 208 g/mol. The minimum Gasteiger partial charge on any atom is -0.258 e. The van der Waals surface area contributed by atoms with Gasteiger partial charge in [0.15, 0.2) is 0 Å². The molecule has 0 N–H and O–H groups in total. The smallest absolute Gasteiger partial charge is 0.0586 e. The van der Waals surface area contributed by atoms with Gasteiger partial charge in [0, 0.05) is 12.4 Å². The van der Waals surface area contributed by atoms with Gasteiger partial charge in [-0.2, -0.15) is 0 Å². The Morgan fingerprint density at radius 3 is 1.65 bits per heavy atom. The van der Waals surface area contributed by atoms with Crippen LogP contribution in [0, 0.1) is 0 Å². The predicted octanol–water partition coefficient (Wildman–Crippen LogP) is 4.33. The maximum absolute atomic E-state index is 4.49. The highest BCUT2D eigenvalue weighted by Crippen LogP contribution is 2.07. The van der Waals surface area contributed by atoms with E-state index in [1.165, 1.54) is 44.9 Å². The monoisotopic (exact) mass is 234 g/mol. The van der Waals surface area contributed by atoms with Gasteiger partial charge in [0.05, 0.1) is 11.4 Å². The molecule has 0 aliphatic carbocycles. The topological polar surface area (TPSA) is 25.8 Å². The Bertz CT molecular complexity index is 279. The maximum atomic E-state index is 4.49. The summed E-state index contributed by atoms with van der Waals surface area (Å²) >= 11 is 0. The maximum Gasteiger partial charge on any atom is 0.0586 e. The highest BCUT2D eigenvalue weighted by molar-refractivity contribution is 5.02. The van der Waals surface area contributed by atoms with Crippen LogP contribution in [0.15, 0.2) is 12.4 Å². The molecule has 0 bridgehead atoms. The molecule has 1 heterocycles. The number of nitrogens with zero attached hydrogens (tertiary/aromatic N) is 2. The molecule has 0 saturated heterocycles. The molecule has 0 fully saturated rings. The van der Waals surface area contributed by atoms with Crippen molar-refractivity contribution >= 4 is 0 Å². The molecule has 0 radical (unpaired) electrons. The van der Waals surface area contributed by atoms with Crippen LogP contribution >= 0.6 is 0 Å².